The molecule has 0 aromatic carbocycles. The van der Waals surface area contributed by atoms with Crippen molar-refractivity contribution in [2.45, 2.75) is 0 Å². The molecule has 0 fully saturated rings. The predicted molar refractivity (Wildman–Crippen MR) is 30.6 cm³/mol. The molecule has 4 N–H and O–H groups in total. The van der Waals surface area contributed by atoms with Crippen LogP contribution in [0.3, 0.4) is 0 Å². The molecular weight excluding hydrogens is 247 g/mol. The zero-order chi connectivity index (χ0) is 10.3. The molecule has 0 saturated heterocycles. The van der Waals surface area contributed by atoms with E-state index in [4.69, 9.17) is 39.6 Å². The largest absolute Gasteiger partial charge is 1.00 e. The van der Waals surface area contributed by atoms with Gasteiger partial charge in [-0.1, -0.05) is 0 Å². The number of hydrogen-bond acceptors (Lipinski definition) is 8. The number of carbonyl (C=O) groups excluding carboxylic acids is 4. The fourth-order valence-electron chi connectivity index (χ4n) is 0. The van der Waals surface area contributed by atoms with E-state index in [0.29, 0.717) is 0 Å². The molecule has 0 aromatic rings. The normalized spacial score (nSPS) is 5.87. The summed E-state index contributed by atoms with van der Waals surface area (Å²) in [4.78, 5) is 35.7. The Bertz CT molecular complexity index is 185. The first-order chi connectivity index (χ1) is 5.29. The Balaban J connectivity index is -0.0000000139. The van der Waals surface area contributed by atoms with Crippen molar-refractivity contribution in [2.24, 2.45) is 0 Å². The standard InChI is InChI=1S/2C2H2O4.K.2H2O/c2*3-1(4)2(5)6;;;/h2*(H,3,4)(H,5,6);;2*1H2/q;;+1;;/p-1. The van der Waals surface area contributed by atoms with Gasteiger partial charge in [0.05, 0.1) is 23.9 Å². The number of aliphatic carboxylic acids is 4. The van der Waals surface area contributed by atoms with E-state index in [1.807, 2.05) is 0 Å². The van der Waals surface area contributed by atoms with Crippen molar-refractivity contribution < 1.29 is 106 Å². The van der Waals surface area contributed by atoms with E-state index in [-0.39, 0.29) is 66.6 Å². The molecule has 0 amide bonds. The molecule has 0 aliphatic heterocycles. The van der Waals surface area contributed by atoms with Gasteiger partial charge >= 0.3 is 55.7 Å². The van der Waals surface area contributed by atoms with E-state index in [1.165, 1.54) is 0 Å². The van der Waals surface area contributed by atoms with Gasteiger partial charge in [-0.2, -0.15) is 0 Å². The summed E-state index contributed by atoms with van der Waals surface area (Å²) in [6.45, 7) is 0. The third-order valence-corrected chi connectivity index (χ3v) is 0.333. The summed E-state index contributed by atoms with van der Waals surface area (Å²) in [5, 5.41) is 35.7. The van der Waals surface area contributed by atoms with Gasteiger partial charge in [0.2, 0.25) is 0 Å². The SMILES string of the molecule is O.O.O=C([O-])C(=O)[O-].O=C([O-])C(=O)[O-].[H+].[H+].[H+].[K+]. The maximum atomic E-state index is 8.93. The van der Waals surface area contributed by atoms with Gasteiger partial charge < -0.3 is 50.6 Å². The van der Waals surface area contributed by atoms with Crippen molar-refractivity contribution in [2.75, 3.05) is 0 Å². The van der Waals surface area contributed by atoms with Gasteiger partial charge in [-0.15, -0.1) is 0 Å². The number of carboxylic acids is 4. The molecule has 10 nitrogen and oxygen atoms in total. The molecule has 15 heavy (non-hydrogen) atoms. The molecule has 0 aliphatic carbocycles. The van der Waals surface area contributed by atoms with Gasteiger partial charge in [-0.25, -0.2) is 0 Å². The van der Waals surface area contributed by atoms with Crippen molar-refractivity contribution >= 4 is 23.9 Å². The molecule has 0 atom stereocenters. The first kappa shape index (κ1) is 29.3. The topological polar surface area (TPSA) is 224 Å². The van der Waals surface area contributed by atoms with Crippen molar-refractivity contribution in [1.29, 1.82) is 0 Å². The number of carboxylic acid groups (broad SMARTS) is 4. The van der Waals surface area contributed by atoms with Crippen LogP contribution in [0.25, 0.3) is 0 Å². The van der Waals surface area contributed by atoms with Crippen molar-refractivity contribution in [3.05, 3.63) is 0 Å². The van der Waals surface area contributed by atoms with Crippen LogP contribution < -0.4 is 71.8 Å². The minimum atomic E-state index is -2.19. The summed E-state index contributed by atoms with van der Waals surface area (Å²) < 4.78 is 0. The third-order valence-electron chi connectivity index (χ3n) is 0.333. The number of hydrogen-bond donors (Lipinski definition) is 0. The monoisotopic (exact) mass is 254 g/mol. The number of carbonyl (C=O) groups is 4. The number of rotatable bonds is 0. The molecule has 0 aromatic heterocycles. The molecule has 0 aliphatic rings. The zero-order valence-electron chi connectivity index (χ0n) is 10.3. The summed E-state index contributed by atoms with van der Waals surface area (Å²) in [6, 6.07) is 0. The molecule has 0 rings (SSSR count). The minimum Gasteiger partial charge on any atom is -0.543 e. The fraction of sp³-hybridized carbons (Fsp3) is 0. The van der Waals surface area contributed by atoms with Gasteiger partial charge in [-0.3, -0.25) is 0 Å². The Morgan fingerprint density at radius 2 is 0.667 bits per heavy atom. The Morgan fingerprint density at radius 3 is 0.667 bits per heavy atom. The average molecular weight is 254 g/mol. The summed E-state index contributed by atoms with van der Waals surface area (Å²) in [6.07, 6.45) is 0. The van der Waals surface area contributed by atoms with Gasteiger partial charge in [-0.05, 0) is 0 Å². The maximum Gasteiger partial charge on any atom is 1.00 e. The smallest absolute Gasteiger partial charge is 0.543 e. The summed E-state index contributed by atoms with van der Waals surface area (Å²) in [7, 11) is 0. The van der Waals surface area contributed by atoms with Gasteiger partial charge in [0.1, 0.15) is 0 Å². The third kappa shape index (κ3) is 31.8. The molecule has 11 heteroatoms. The first-order valence-corrected chi connectivity index (χ1v) is 2.13. The molecule has 0 spiro atoms. The van der Waals surface area contributed by atoms with Crippen LogP contribution in [0, 0.1) is 0 Å². The van der Waals surface area contributed by atoms with Crippen LogP contribution in [0.15, 0.2) is 0 Å². The van der Waals surface area contributed by atoms with E-state index in [2.05, 4.69) is 0 Å². The van der Waals surface area contributed by atoms with Crippen LogP contribution in [0.5, 0.6) is 0 Å². The second kappa shape index (κ2) is 15.9. The first-order valence-electron chi connectivity index (χ1n) is 2.13. The molecule has 0 unspecified atom stereocenters. The van der Waals surface area contributed by atoms with Crippen LogP contribution in [0.1, 0.15) is 4.28 Å². The van der Waals surface area contributed by atoms with Crippen LogP contribution in [0.2, 0.25) is 0 Å². The van der Waals surface area contributed by atoms with Crippen LogP contribution >= 0.6 is 0 Å². The van der Waals surface area contributed by atoms with Crippen molar-refractivity contribution in [1.82, 2.24) is 0 Å². The van der Waals surface area contributed by atoms with E-state index < -0.39 is 23.9 Å². The molecule has 84 valence electrons. The summed E-state index contributed by atoms with van der Waals surface area (Å²) in [5.41, 5.74) is 0. The Kier molecular flexibility index (Phi) is 31.0. The Morgan fingerprint density at radius 1 is 0.600 bits per heavy atom. The maximum absolute atomic E-state index is 8.93. The Hall–Kier alpha value is -0.564. The minimum absolute atomic E-state index is 0. The van der Waals surface area contributed by atoms with Gasteiger partial charge in [0, 0.05) is 0 Å². The molecule has 0 saturated carbocycles. The van der Waals surface area contributed by atoms with E-state index in [0.717, 1.165) is 0 Å². The second-order valence-electron chi connectivity index (χ2n) is 1.15. The van der Waals surface area contributed by atoms with E-state index >= 15 is 0 Å². The van der Waals surface area contributed by atoms with Crippen LogP contribution in [-0.4, -0.2) is 34.8 Å². The van der Waals surface area contributed by atoms with Crippen LogP contribution in [0.4, 0.5) is 0 Å². The van der Waals surface area contributed by atoms with Crippen molar-refractivity contribution in [3.63, 3.8) is 0 Å². The fourth-order valence-corrected chi connectivity index (χ4v) is 0. The van der Waals surface area contributed by atoms with Crippen molar-refractivity contribution in [3.8, 4) is 0 Å². The van der Waals surface area contributed by atoms with Gasteiger partial charge in [0.15, 0.2) is 0 Å². The summed E-state index contributed by atoms with van der Waals surface area (Å²) >= 11 is 0. The molecule has 0 radical (unpaired) electrons. The summed E-state index contributed by atoms with van der Waals surface area (Å²) in [5.74, 6) is -8.74. The zero-order valence-corrected chi connectivity index (χ0v) is 10.4. The predicted octanol–water partition coefficient (Wildman–Crippen LogP) is -11.3. The van der Waals surface area contributed by atoms with Gasteiger partial charge in [0.25, 0.3) is 0 Å². The molecule has 0 bridgehead atoms. The van der Waals surface area contributed by atoms with E-state index in [1.54, 1.807) is 0 Å². The molecule has 0 heterocycles. The van der Waals surface area contributed by atoms with E-state index in [9.17, 15) is 0 Å². The second-order valence-corrected chi connectivity index (χ2v) is 1.15. The Labute approximate surface area is 129 Å². The van der Waals surface area contributed by atoms with Crippen LogP contribution in [-0.2, 0) is 19.2 Å². The molecular formula is C4H7KO10. The quantitative estimate of drug-likeness (QED) is 0.297. The average Bonchev–Trinajstić information content (AvgIpc) is 1.88.